The molecular weight excluding hydrogens is 406 g/mol. The average Bonchev–Trinajstić information content (AvgIpc) is 3.35. The maximum atomic E-state index is 13.1. The second-order valence-electron chi connectivity index (χ2n) is 6.85. The fourth-order valence-electron chi connectivity index (χ4n) is 3.50. The molecule has 31 heavy (non-hydrogen) atoms. The molecule has 0 radical (unpaired) electrons. The van der Waals surface area contributed by atoms with Crippen LogP contribution in [-0.2, 0) is 11.8 Å². The molecule has 1 fully saturated rings. The molecule has 2 amide bonds. The van der Waals surface area contributed by atoms with E-state index in [4.69, 9.17) is 9.47 Å². The predicted molar refractivity (Wildman–Crippen MR) is 111 cm³/mol. The maximum absolute atomic E-state index is 13.1. The molecule has 1 saturated heterocycles. The minimum atomic E-state index is -0.645. The van der Waals surface area contributed by atoms with Crippen molar-refractivity contribution >= 4 is 23.6 Å². The van der Waals surface area contributed by atoms with Crippen LogP contribution >= 0.6 is 0 Å². The Morgan fingerprint density at radius 2 is 1.90 bits per heavy atom. The number of hydrogen-bond donors (Lipinski definition) is 0. The quantitative estimate of drug-likeness (QED) is 0.391. The number of carbonyl (C=O) groups is 2. The van der Waals surface area contributed by atoms with E-state index in [0.717, 1.165) is 0 Å². The van der Waals surface area contributed by atoms with Crippen LogP contribution in [0.25, 0.3) is 6.08 Å². The van der Waals surface area contributed by atoms with Crippen molar-refractivity contribution in [1.29, 1.82) is 0 Å². The van der Waals surface area contributed by atoms with Crippen molar-refractivity contribution in [1.82, 2.24) is 19.8 Å². The van der Waals surface area contributed by atoms with E-state index in [1.54, 1.807) is 24.3 Å². The third kappa shape index (κ3) is 4.20. The SMILES string of the molecule is COc1ccc(OC)c(C=CC(=O)N2CCCN2C(=O)c2c([N+](=O)[O-])c(C)nn2C)c1. The van der Waals surface area contributed by atoms with Crippen molar-refractivity contribution in [2.24, 2.45) is 7.05 Å². The molecule has 0 bridgehead atoms. The molecule has 0 atom stereocenters. The van der Waals surface area contributed by atoms with E-state index in [1.165, 1.54) is 49.0 Å². The van der Waals surface area contributed by atoms with E-state index in [9.17, 15) is 19.7 Å². The van der Waals surface area contributed by atoms with Crippen LogP contribution in [0, 0.1) is 17.0 Å². The number of nitro groups is 1. The Morgan fingerprint density at radius 3 is 2.55 bits per heavy atom. The van der Waals surface area contributed by atoms with E-state index in [1.807, 2.05) is 0 Å². The van der Waals surface area contributed by atoms with Crippen molar-refractivity contribution in [2.75, 3.05) is 27.3 Å². The molecule has 1 aromatic carbocycles. The Bertz CT molecular complexity index is 1060. The number of carbonyl (C=O) groups excluding carboxylic acids is 2. The molecule has 164 valence electrons. The van der Waals surface area contributed by atoms with Crippen LogP contribution in [0.15, 0.2) is 24.3 Å². The predicted octanol–water partition coefficient (Wildman–Crippen LogP) is 1.96. The summed E-state index contributed by atoms with van der Waals surface area (Å²) >= 11 is 0. The fraction of sp³-hybridized carbons (Fsp3) is 0.350. The lowest BCUT2D eigenvalue weighted by Crippen LogP contribution is -2.44. The van der Waals surface area contributed by atoms with Gasteiger partial charge in [0.25, 0.3) is 11.8 Å². The maximum Gasteiger partial charge on any atom is 0.322 e. The molecule has 3 rings (SSSR count). The number of hydrogen-bond acceptors (Lipinski definition) is 7. The second kappa shape index (κ2) is 8.86. The molecule has 1 aromatic heterocycles. The number of aromatic nitrogens is 2. The van der Waals surface area contributed by atoms with Gasteiger partial charge in [0.15, 0.2) is 0 Å². The van der Waals surface area contributed by atoms with Crippen LogP contribution in [-0.4, -0.2) is 63.8 Å². The Kier molecular flexibility index (Phi) is 6.23. The summed E-state index contributed by atoms with van der Waals surface area (Å²) in [5.74, 6) is 0.0789. The van der Waals surface area contributed by atoms with Gasteiger partial charge in [-0.15, -0.1) is 0 Å². The number of amides is 2. The summed E-state index contributed by atoms with van der Waals surface area (Å²) in [7, 11) is 4.52. The molecule has 0 spiro atoms. The highest BCUT2D eigenvalue weighted by Gasteiger charge is 2.37. The number of rotatable bonds is 6. The molecule has 0 N–H and O–H groups in total. The molecular formula is C20H23N5O6. The van der Waals surface area contributed by atoms with E-state index in [0.29, 0.717) is 30.0 Å². The van der Waals surface area contributed by atoms with Gasteiger partial charge in [-0.1, -0.05) is 0 Å². The van der Waals surface area contributed by atoms with E-state index in [-0.39, 0.29) is 23.6 Å². The first-order valence-electron chi connectivity index (χ1n) is 9.49. The van der Waals surface area contributed by atoms with Gasteiger partial charge in [0.1, 0.15) is 17.2 Å². The molecule has 11 nitrogen and oxygen atoms in total. The van der Waals surface area contributed by atoms with E-state index >= 15 is 0 Å². The van der Waals surface area contributed by atoms with Gasteiger partial charge in [-0.3, -0.25) is 24.4 Å². The summed E-state index contributed by atoms with van der Waals surface area (Å²) in [5.41, 5.74) is 0.243. The molecule has 0 aliphatic carbocycles. The fourth-order valence-corrected chi connectivity index (χ4v) is 3.50. The summed E-state index contributed by atoms with van der Waals surface area (Å²) in [5, 5.41) is 17.9. The molecule has 11 heteroatoms. The Labute approximate surface area is 178 Å². The number of benzene rings is 1. The molecule has 1 aliphatic rings. The Hall–Kier alpha value is -3.89. The van der Waals surface area contributed by atoms with Gasteiger partial charge in [-0.2, -0.15) is 5.10 Å². The van der Waals surface area contributed by atoms with Crippen LogP contribution in [0.3, 0.4) is 0 Å². The monoisotopic (exact) mass is 429 g/mol. The normalized spacial score (nSPS) is 13.7. The second-order valence-corrected chi connectivity index (χ2v) is 6.85. The smallest absolute Gasteiger partial charge is 0.322 e. The third-order valence-electron chi connectivity index (χ3n) is 4.94. The zero-order valence-corrected chi connectivity index (χ0v) is 17.7. The number of methoxy groups -OCH3 is 2. The molecule has 2 heterocycles. The third-order valence-corrected chi connectivity index (χ3v) is 4.94. The van der Waals surface area contributed by atoms with Crippen LogP contribution in [0.5, 0.6) is 11.5 Å². The summed E-state index contributed by atoms with van der Waals surface area (Å²) in [4.78, 5) is 36.7. The Balaban J connectivity index is 1.86. The molecule has 1 aliphatic heterocycles. The van der Waals surface area contributed by atoms with Crippen LogP contribution in [0.1, 0.15) is 28.2 Å². The van der Waals surface area contributed by atoms with Crippen molar-refractivity contribution < 1.29 is 24.0 Å². The first-order valence-corrected chi connectivity index (χ1v) is 9.49. The van der Waals surface area contributed by atoms with Crippen molar-refractivity contribution in [3.8, 4) is 11.5 Å². The standard InChI is InChI=1S/C20H23N5O6/c1-13-18(25(28)29)19(22(2)21-13)20(27)24-11-5-10-23(24)17(26)9-6-14-12-15(30-3)7-8-16(14)31-4/h6-9,12H,5,10-11H2,1-4H3. The number of ether oxygens (including phenoxy) is 2. The largest absolute Gasteiger partial charge is 0.497 e. The van der Waals surface area contributed by atoms with Crippen LogP contribution in [0.2, 0.25) is 0 Å². The number of aryl methyl sites for hydroxylation is 2. The minimum absolute atomic E-state index is 0.137. The lowest BCUT2D eigenvalue weighted by molar-refractivity contribution is -0.385. The highest BCUT2D eigenvalue weighted by atomic mass is 16.6. The number of hydrazine groups is 1. The van der Waals surface area contributed by atoms with Crippen molar-refractivity contribution in [2.45, 2.75) is 13.3 Å². The van der Waals surface area contributed by atoms with Crippen LogP contribution in [0.4, 0.5) is 5.69 Å². The lowest BCUT2D eigenvalue weighted by atomic mass is 10.1. The van der Waals surface area contributed by atoms with E-state index < -0.39 is 16.7 Å². The van der Waals surface area contributed by atoms with Gasteiger partial charge < -0.3 is 9.47 Å². The molecule has 0 unspecified atom stereocenters. The number of nitrogens with zero attached hydrogens (tertiary/aromatic N) is 5. The zero-order valence-electron chi connectivity index (χ0n) is 17.7. The Morgan fingerprint density at radius 1 is 1.19 bits per heavy atom. The van der Waals surface area contributed by atoms with Crippen LogP contribution < -0.4 is 9.47 Å². The van der Waals surface area contributed by atoms with Gasteiger partial charge in [0, 0.05) is 31.8 Å². The summed E-state index contributed by atoms with van der Waals surface area (Å²) in [6.45, 7) is 2.04. The van der Waals surface area contributed by atoms with Gasteiger partial charge in [-0.25, -0.2) is 10.0 Å². The first kappa shape index (κ1) is 21.8. The van der Waals surface area contributed by atoms with E-state index in [2.05, 4.69) is 5.10 Å². The molecule has 0 saturated carbocycles. The first-order chi connectivity index (χ1) is 14.8. The average molecular weight is 429 g/mol. The highest BCUT2D eigenvalue weighted by Crippen LogP contribution is 2.27. The summed E-state index contributed by atoms with van der Waals surface area (Å²) in [6.07, 6.45) is 3.45. The van der Waals surface area contributed by atoms with Gasteiger partial charge in [0.05, 0.1) is 19.1 Å². The van der Waals surface area contributed by atoms with Gasteiger partial charge in [-0.05, 0) is 37.6 Å². The lowest BCUT2D eigenvalue weighted by Gasteiger charge is -2.26. The van der Waals surface area contributed by atoms with Crippen molar-refractivity contribution in [3.05, 3.63) is 51.3 Å². The summed E-state index contributed by atoms with van der Waals surface area (Å²) < 4.78 is 11.7. The highest BCUT2D eigenvalue weighted by molar-refractivity contribution is 6.00. The van der Waals surface area contributed by atoms with Crippen molar-refractivity contribution in [3.63, 3.8) is 0 Å². The topological polar surface area (TPSA) is 120 Å². The summed E-state index contributed by atoms with van der Waals surface area (Å²) in [6, 6.07) is 5.18. The molecule has 2 aromatic rings. The van der Waals surface area contributed by atoms with Gasteiger partial charge >= 0.3 is 5.69 Å². The minimum Gasteiger partial charge on any atom is -0.497 e. The van der Waals surface area contributed by atoms with Gasteiger partial charge in [0.2, 0.25) is 5.69 Å². The zero-order chi connectivity index (χ0) is 22.7.